The number of carbonyl (C=O) groups is 2. The molecule has 0 spiro atoms. The van der Waals surface area contributed by atoms with E-state index in [1.165, 1.54) is 22.6 Å². The highest BCUT2D eigenvalue weighted by Crippen LogP contribution is 2.24. The number of rotatable bonds is 4. The summed E-state index contributed by atoms with van der Waals surface area (Å²) in [7, 11) is 1.58. The molecule has 6 nitrogen and oxygen atoms in total. The van der Waals surface area contributed by atoms with Gasteiger partial charge in [0.2, 0.25) is 0 Å². The summed E-state index contributed by atoms with van der Waals surface area (Å²) in [6.45, 7) is 3.04. The summed E-state index contributed by atoms with van der Waals surface area (Å²) in [6, 6.07) is 23.0. The van der Waals surface area contributed by atoms with E-state index >= 15 is 0 Å². The molecule has 0 fully saturated rings. The molecule has 2 heterocycles. The van der Waals surface area contributed by atoms with Crippen molar-refractivity contribution in [1.82, 2.24) is 14.7 Å². The van der Waals surface area contributed by atoms with Gasteiger partial charge in [-0.3, -0.25) is 9.59 Å². The molecule has 0 aliphatic carbocycles. The second kappa shape index (κ2) is 9.18. The van der Waals surface area contributed by atoms with Gasteiger partial charge in [-0.1, -0.05) is 42.5 Å². The Morgan fingerprint density at radius 3 is 2.49 bits per heavy atom. The van der Waals surface area contributed by atoms with E-state index in [-0.39, 0.29) is 17.5 Å². The molecule has 0 saturated heterocycles. The van der Waals surface area contributed by atoms with Gasteiger partial charge in [0.1, 0.15) is 5.82 Å². The Balaban J connectivity index is 1.44. The predicted octanol–water partition coefficient (Wildman–Crippen LogP) is 4.79. The lowest BCUT2D eigenvalue weighted by atomic mass is 9.99. The van der Waals surface area contributed by atoms with E-state index in [9.17, 15) is 14.0 Å². The van der Waals surface area contributed by atoms with Gasteiger partial charge < -0.3 is 9.80 Å². The fourth-order valence-corrected chi connectivity index (χ4v) is 4.48. The number of benzene rings is 3. The highest BCUT2D eigenvalue weighted by molar-refractivity contribution is 6.04. The van der Waals surface area contributed by atoms with E-state index in [2.05, 4.69) is 17.2 Å². The number of amides is 2. The van der Waals surface area contributed by atoms with Gasteiger partial charge in [0, 0.05) is 31.5 Å². The molecule has 2 amide bonds. The predicted molar refractivity (Wildman–Crippen MR) is 132 cm³/mol. The zero-order chi connectivity index (χ0) is 24.5. The maximum Gasteiger partial charge on any atom is 0.278 e. The third-order valence-electron chi connectivity index (χ3n) is 6.39. The van der Waals surface area contributed by atoms with Crippen LogP contribution in [0.5, 0.6) is 0 Å². The number of hydrogen-bond acceptors (Lipinski definition) is 3. The van der Waals surface area contributed by atoms with Crippen LogP contribution in [0.15, 0.2) is 78.9 Å². The second-order valence-electron chi connectivity index (χ2n) is 8.69. The number of halogens is 1. The monoisotopic (exact) mass is 468 g/mol. The minimum Gasteiger partial charge on any atom is -0.334 e. The van der Waals surface area contributed by atoms with E-state index in [4.69, 9.17) is 0 Å². The van der Waals surface area contributed by atoms with Gasteiger partial charge in [-0.05, 0) is 60.9 Å². The molecule has 0 radical (unpaired) electrons. The number of anilines is 1. The van der Waals surface area contributed by atoms with Crippen molar-refractivity contribution in [2.45, 2.75) is 19.9 Å². The Morgan fingerprint density at radius 2 is 1.69 bits per heavy atom. The zero-order valence-corrected chi connectivity index (χ0v) is 19.6. The summed E-state index contributed by atoms with van der Waals surface area (Å²) in [4.78, 5) is 29.9. The highest BCUT2D eigenvalue weighted by atomic mass is 19.1. The Kier molecular flexibility index (Phi) is 5.91. The average Bonchev–Trinajstić information content (AvgIpc) is 3.28. The molecule has 35 heavy (non-hydrogen) atoms. The zero-order valence-electron chi connectivity index (χ0n) is 19.6. The van der Waals surface area contributed by atoms with Crippen LogP contribution in [0, 0.1) is 12.7 Å². The first kappa shape index (κ1) is 22.5. The minimum absolute atomic E-state index is 0.0743. The number of para-hydroxylation sites is 1. The first-order valence-electron chi connectivity index (χ1n) is 11.5. The van der Waals surface area contributed by atoms with Crippen LogP contribution >= 0.6 is 0 Å². The Labute approximate surface area is 203 Å². The van der Waals surface area contributed by atoms with Crippen LogP contribution in [-0.4, -0.2) is 40.1 Å². The van der Waals surface area contributed by atoms with Gasteiger partial charge in [-0.25, -0.2) is 9.07 Å². The van der Waals surface area contributed by atoms with E-state index in [1.54, 1.807) is 36.0 Å². The van der Waals surface area contributed by atoms with E-state index in [0.29, 0.717) is 35.7 Å². The molecule has 0 bridgehead atoms. The quantitative estimate of drug-likeness (QED) is 0.433. The van der Waals surface area contributed by atoms with Gasteiger partial charge in [-0.2, -0.15) is 5.10 Å². The van der Waals surface area contributed by atoms with Crippen LogP contribution in [0.4, 0.5) is 10.1 Å². The molecule has 1 aliphatic heterocycles. The van der Waals surface area contributed by atoms with Crippen molar-refractivity contribution < 1.29 is 14.0 Å². The van der Waals surface area contributed by atoms with Crippen molar-refractivity contribution in [1.29, 1.82) is 0 Å². The number of fused-ring (bicyclic) bond motifs is 1. The van der Waals surface area contributed by atoms with Crippen molar-refractivity contribution >= 4 is 17.5 Å². The largest absolute Gasteiger partial charge is 0.334 e. The van der Waals surface area contributed by atoms with Gasteiger partial charge in [0.05, 0.1) is 11.3 Å². The highest BCUT2D eigenvalue weighted by Gasteiger charge is 2.25. The van der Waals surface area contributed by atoms with Crippen molar-refractivity contribution in [3.8, 4) is 5.69 Å². The molecular formula is C28H25FN4O2. The van der Waals surface area contributed by atoms with Gasteiger partial charge in [-0.15, -0.1) is 0 Å². The summed E-state index contributed by atoms with van der Waals surface area (Å²) in [5.41, 5.74) is 4.93. The molecule has 0 N–H and O–H groups in total. The van der Waals surface area contributed by atoms with E-state index in [1.807, 2.05) is 42.2 Å². The normalized spacial score (nSPS) is 12.8. The van der Waals surface area contributed by atoms with Crippen LogP contribution in [0.2, 0.25) is 0 Å². The van der Waals surface area contributed by atoms with Gasteiger partial charge >= 0.3 is 0 Å². The number of nitrogens with zero attached hydrogens (tertiary/aromatic N) is 4. The maximum atomic E-state index is 13.6. The average molecular weight is 469 g/mol. The summed E-state index contributed by atoms with van der Waals surface area (Å²) >= 11 is 0. The number of aryl methyl sites for hydroxylation is 1. The standard InChI is InChI=1S/C28H25FN4O2/c1-19-16-25(28(35)31(2)23-11-7-10-22(29)17-23)30-33(19)26-13-6-5-12-24(26)27(34)32-15-14-20-8-3-4-9-21(20)18-32/h3-13,16-17H,14-15,18H2,1-2H3. The molecule has 7 heteroatoms. The first-order valence-corrected chi connectivity index (χ1v) is 11.5. The molecular weight excluding hydrogens is 443 g/mol. The third kappa shape index (κ3) is 4.33. The van der Waals surface area contributed by atoms with Crippen LogP contribution in [0.25, 0.3) is 5.69 Å². The second-order valence-corrected chi connectivity index (χ2v) is 8.69. The fraction of sp³-hybridized carbons (Fsp3) is 0.179. The molecule has 3 aromatic carbocycles. The molecule has 0 unspecified atom stereocenters. The van der Waals surface area contributed by atoms with Gasteiger partial charge in [0.25, 0.3) is 11.8 Å². The summed E-state index contributed by atoms with van der Waals surface area (Å²) < 4.78 is 15.3. The van der Waals surface area contributed by atoms with E-state index in [0.717, 1.165) is 12.0 Å². The number of aromatic nitrogens is 2. The lowest BCUT2D eigenvalue weighted by Gasteiger charge is -2.29. The molecule has 176 valence electrons. The topological polar surface area (TPSA) is 58.4 Å². The van der Waals surface area contributed by atoms with Crippen LogP contribution in [0.1, 0.15) is 37.7 Å². The maximum absolute atomic E-state index is 13.6. The molecule has 4 aromatic rings. The molecule has 1 aliphatic rings. The van der Waals surface area contributed by atoms with E-state index < -0.39 is 5.82 Å². The van der Waals surface area contributed by atoms with Crippen LogP contribution in [-0.2, 0) is 13.0 Å². The number of hydrogen-bond donors (Lipinski definition) is 0. The Bertz CT molecular complexity index is 1430. The third-order valence-corrected chi connectivity index (χ3v) is 6.39. The van der Waals surface area contributed by atoms with Crippen LogP contribution in [0.3, 0.4) is 0 Å². The lowest BCUT2D eigenvalue weighted by molar-refractivity contribution is 0.0734. The van der Waals surface area contributed by atoms with Crippen molar-refractivity contribution in [2.24, 2.45) is 0 Å². The summed E-state index contributed by atoms with van der Waals surface area (Å²) in [6.07, 6.45) is 0.815. The smallest absolute Gasteiger partial charge is 0.278 e. The Morgan fingerprint density at radius 1 is 0.943 bits per heavy atom. The molecule has 1 aromatic heterocycles. The summed E-state index contributed by atoms with van der Waals surface area (Å²) in [5.74, 6) is -0.861. The lowest BCUT2D eigenvalue weighted by Crippen LogP contribution is -2.36. The van der Waals surface area contributed by atoms with Gasteiger partial charge in [0.15, 0.2) is 5.69 Å². The minimum atomic E-state index is -0.420. The van der Waals surface area contributed by atoms with Crippen molar-refractivity contribution in [2.75, 3.05) is 18.5 Å². The molecule has 0 atom stereocenters. The SMILES string of the molecule is Cc1cc(C(=O)N(C)c2cccc(F)c2)nn1-c1ccccc1C(=O)N1CCc2ccccc2C1. The Hall–Kier alpha value is -4.26. The van der Waals surface area contributed by atoms with Crippen molar-refractivity contribution in [3.05, 3.63) is 113 Å². The fourth-order valence-electron chi connectivity index (χ4n) is 4.48. The van der Waals surface area contributed by atoms with Crippen molar-refractivity contribution in [3.63, 3.8) is 0 Å². The number of carbonyl (C=O) groups excluding carboxylic acids is 2. The molecule has 0 saturated carbocycles. The summed E-state index contributed by atoms with van der Waals surface area (Å²) in [5, 5.41) is 4.53. The first-order chi connectivity index (χ1) is 16.9. The van der Waals surface area contributed by atoms with Crippen LogP contribution < -0.4 is 4.90 Å². The molecule has 5 rings (SSSR count).